The van der Waals surface area contributed by atoms with Crippen LogP contribution in [0.5, 0.6) is 5.88 Å². The molecule has 0 unspecified atom stereocenters. The SMILES string of the molecule is CC(C)(C)c1onc([O-])c1C[C@H]([NH3+])C(=O)[O-]. The molecule has 0 fully saturated rings. The first-order valence-corrected chi connectivity index (χ1v) is 4.93. The molecule has 3 N–H and O–H groups in total. The average molecular weight is 227 g/mol. The van der Waals surface area contributed by atoms with Crippen molar-refractivity contribution in [2.45, 2.75) is 38.6 Å². The highest BCUT2D eigenvalue weighted by molar-refractivity contribution is 5.69. The fourth-order valence-corrected chi connectivity index (χ4v) is 1.39. The molecule has 1 aromatic rings. The van der Waals surface area contributed by atoms with E-state index in [9.17, 15) is 15.0 Å². The molecule has 0 aromatic carbocycles. The molecule has 0 amide bonds. The van der Waals surface area contributed by atoms with Crippen LogP contribution in [-0.4, -0.2) is 17.2 Å². The van der Waals surface area contributed by atoms with E-state index in [1.54, 1.807) is 0 Å². The van der Waals surface area contributed by atoms with Crippen LogP contribution in [-0.2, 0) is 16.6 Å². The second kappa shape index (κ2) is 4.13. The monoisotopic (exact) mass is 227 g/mol. The summed E-state index contributed by atoms with van der Waals surface area (Å²) in [6, 6.07) is -0.979. The maximum absolute atomic E-state index is 11.4. The van der Waals surface area contributed by atoms with Gasteiger partial charge in [0.15, 0.2) is 0 Å². The van der Waals surface area contributed by atoms with Crippen molar-refractivity contribution in [3.05, 3.63) is 11.3 Å². The Morgan fingerprint density at radius 2 is 2.12 bits per heavy atom. The molecule has 0 saturated carbocycles. The number of aliphatic carboxylic acids is 1. The van der Waals surface area contributed by atoms with Gasteiger partial charge in [-0.15, -0.1) is 0 Å². The van der Waals surface area contributed by atoms with E-state index in [4.69, 9.17) is 4.52 Å². The van der Waals surface area contributed by atoms with Crippen molar-refractivity contribution in [3.63, 3.8) is 0 Å². The molecule has 1 atom stereocenters. The summed E-state index contributed by atoms with van der Waals surface area (Å²) in [5.74, 6) is -1.41. The van der Waals surface area contributed by atoms with Crippen LogP contribution in [0, 0.1) is 0 Å². The minimum atomic E-state index is -1.29. The van der Waals surface area contributed by atoms with Crippen molar-refractivity contribution < 1.29 is 25.3 Å². The number of carbonyl (C=O) groups excluding carboxylic acids is 1. The van der Waals surface area contributed by atoms with Gasteiger partial charge in [0.2, 0.25) is 0 Å². The van der Waals surface area contributed by atoms with Gasteiger partial charge in [-0.3, -0.25) is 0 Å². The highest BCUT2D eigenvalue weighted by atomic mass is 16.5. The molecule has 1 aromatic heterocycles. The Morgan fingerprint density at radius 1 is 1.56 bits per heavy atom. The topological polar surface area (TPSA) is 117 Å². The molecule has 0 aliphatic rings. The van der Waals surface area contributed by atoms with Gasteiger partial charge >= 0.3 is 0 Å². The first kappa shape index (κ1) is 12.5. The third-order valence-electron chi connectivity index (χ3n) is 2.22. The number of rotatable bonds is 3. The van der Waals surface area contributed by atoms with Crippen LogP contribution in [0.1, 0.15) is 32.1 Å². The minimum absolute atomic E-state index is 0.0166. The van der Waals surface area contributed by atoms with Crippen LogP contribution >= 0.6 is 0 Å². The number of carboxylic acid groups (broad SMARTS) is 1. The molecule has 1 rings (SSSR count). The molecule has 0 bridgehead atoms. The van der Waals surface area contributed by atoms with E-state index in [-0.39, 0.29) is 12.0 Å². The number of carbonyl (C=O) groups is 1. The third-order valence-corrected chi connectivity index (χ3v) is 2.22. The Bertz CT molecular complexity index is 392. The van der Waals surface area contributed by atoms with E-state index in [0.717, 1.165) is 0 Å². The Balaban J connectivity index is 3.04. The Morgan fingerprint density at radius 3 is 2.56 bits per heavy atom. The number of hydrogen-bond acceptors (Lipinski definition) is 5. The third kappa shape index (κ3) is 2.52. The van der Waals surface area contributed by atoms with Gasteiger partial charge in [-0.1, -0.05) is 25.9 Å². The molecule has 0 radical (unpaired) electrons. The van der Waals surface area contributed by atoms with E-state index in [1.807, 2.05) is 20.8 Å². The van der Waals surface area contributed by atoms with Crippen LogP contribution in [0.4, 0.5) is 0 Å². The van der Waals surface area contributed by atoms with Crippen molar-refractivity contribution >= 4 is 5.97 Å². The lowest BCUT2D eigenvalue weighted by atomic mass is 9.88. The standard InChI is InChI=1S/C10H16N2O4/c1-10(2,3)7-5(8(13)12-16-7)4-6(11)9(14)15/h6H,4,11H2,1-3H3,(H,12,13)(H,14,15)/p-1/t6-/m0/s1. The van der Waals surface area contributed by atoms with E-state index in [2.05, 4.69) is 10.9 Å². The summed E-state index contributed by atoms with van der Waals surface area (Å²) in [5, 5.41) is 25.3. The summed E-state index contributed by atoms with van der Waals surface area (Å²) in [6.45, 7) is 5.56. The molecule has 0 aliphatic heterocycles. The maximum Gasteiger partial charge on any atom is 0.144 e. The zero-order valence-corrected chi connectivity index (χ0v) is 9.57. The molecule has 1 heterocycles. The van der Waals surface area contributed by atoms with E-state index in [0.29, 0.717) is 5.76 Å². The number of carboxylic acids is 1. The lowest BCUT2D eigenvalue weighted by molar-refractivity contribution is -0.437. The fourth-order valence-electron chi connectivity index (χ4n) is 1.39. The molecule has 0 aliphatic carbocycles. The van der Waals surface area contributed by atoms with Crippen molar-refractivity contribution in [1.82, 2.24) is 5.16 Å². The van der Waals surface area contributed by atoms with Gasteiger partial charge in [0, 0.05) is 23.3 Å². The Labute approximate surface area is 93.0 Å². The summed E-state index contributed by atoms with van der Waals surface area (Å²) >= 11 is 0. The first-order valence-electron chi connectivity index (χ1n) is 4.93. The van der Waals surface area contributed by atoms with E-state index in [1.165, 1.54) is 0 Å². The van der Waals surface area contributed by atoms with E-state index >= 15 is 0 Å². The van der Waals surface area contributed by atoms with Gasteiger partial charge in [0.1, 0.15) is 11.8 Å². The number of aromatic nitrogens is 1. The fraction of sp³-hybridized carbons (Fsp3) is 0.600. The molecular formula is C10H15N2O4-. The molecule has 90 valence electrons. The maximum atomic E-state index is 11.4. The molecule has 6 nitrogen and oxygen atoms in total. The summed E-state index contributed by atoms with van der Waals surface area (Å²) in [7, 11) is 0. The highest BCUT2D eigenvalue weighted by Crippen LogP contribution is 2.30. The van der Waals surface area contributed by atoms with Gasteiger partial charge in [0.05, 0.1) is 5.97 Å². The molecule has 0 spiro atoms. The number of nitrogens with zero attached hydrogens (tertiary/aromatic N) is 1. The molecule has 16 heavy (non-hydrogen) atoms. The normalized spacial score (nSPS) is 13.8. The van der Waals surface area contributed by atoms with Crippen LogP contribution in [0.3, 0.4) is 0 Å². The van der Waals surface area contributed by atoms with Crippen LogP contribution in [0.2, 0.25) is 0 Å². The predicted octanol–water partition coefficient (Wildman–Crippen LogP) is -2.05. The molecule has 0 saturated heterocycles. The first-order chi connectivity index (χ1) is 7.23. The number of quaternary nitrogens is 1. The zero-order valence-electron chi connectivity index (χ0n) is 9.57. The van der Waals surface area contributed by atoms with Gasteiger partial charge < -0.3 is 25.3 Å². The Kier molecular flexibility index (Phi) is 3.23. The lowest BCUT2D eigenvalue weighted by Crippen LogP contribution is -2.69. The average Bonchev–Trinajstić information content (AvgIpc) is 2.47. The highest BCUT2D eigenvalue weighted by Gasteiger charge is 2.26. The van der Waals surface area contributed by atoms with Gasteiger partial charge in [-0.25, -0.2) is 0 Å². The second-order valence-electron chi connectivity index (χ2n) is 4.77. The summed E-state index contributed by atoms with van der Waals surface area (Å²) < 4.78 is 4.94. The minimum Gasteiger partial charge on any atom is -0.856 e. The second-order valence-corrected chi connectivity index (χ2v) is 4.77. The van der Waals surface area contributed by atoms with Crippen molar-refractivity contribution in [2.24, 2.45) is 0 Å². The Hall–Kier alpha value is -1.56. The van der Waals surface area contributed by atoms with Gasteiger partial charge in [-0.05, 0) is 0 Å². The van der Waals surface area contributed by atoms with Crippen molar-refractivity contribution in [3.8, 4) is 5.88 Å². The molecular weight excluding hydrogens is 212 g/mol. The lowest BCUT2D eigenvalue weighted by Gasteiger charge is -2.18. The van der Waals surface area contributed by atoms with Crippen LogP contribution in [0.25, 0.3) is 0 Å². The van der Waals surface area contributed by atoms with Gasteiger partial charge in [-0.2, -0.15) is 0 Å². The smallest absolute Gasteiger partial charge is 0.144 e. The van der Waals surface area contributed by atoms with E-state index < -0.39 is 23.3 Å². The number of hydrogen-bond donors (Lipinski definition) is 1. The zero-order chi connectivity index (χ0) is 12.5. The predicted molar refractivity (Wildman–Crippen MR) is 50.0 cm³/mol. The summed E-state index contributed by atoms with van der Waals surface area (Å²) in [5.41, 5.74) is 3.29. The molecule has 6 heteroatoms. The largest absolute Gasteiger partial charge is 0.856 e. The van der Waals surface area contributed by atoms with Crippen molar-refractivity contribution in [2.75, 3.05) is 0 Å². The summed E-state index contributed by atoms with van der Waals surface area (Å²) in [4.78, 5) is 10.6. The quantitative estimate of drug-likeness (QED) is 0.637. The van der Waals surface area contributed by atoms with Crippen LogP contribution in [0.15, 0.2) is 4.52 Å². The van der Waals surface area contributed by atoms with Crippen molar-refractivity contribution in [1.29, 1.82) is 0 Å². The van der Waals surface area contributed by atoms with Crippen LogP contribution < -0.4 is 15.9 Å². The summed E-state index contributed by atoms with van der Waals surface area (Å²) in [6.07, 6.45) is -0.0166. The van der Waals surface area contributed by atoms with Gasteiger partial charge in [0.25, 0.3) is 0 Å².